The molecule has 1 aromatic rings. The molecule has 1 aliphatic heterocycles. The van der Waals surface area contributed by atoms with Crippen molar-refractivity contribution in [2.75, 3.05) is 5.12 Å². The molecule has 1 fully saturated rings. The van der Waals surface area contributed by atoms with E-state index in [1.807, 2.05) is 24.3 Å². The largest absolute Gasteiger partial charge is 0.352 e. The predicted octanol–water partition coefficient (Wildman–Crippen LogP) is 0.918. The second-order valence-corrected chi connectivity index (χ2v) is 3.36. The standard InChI is InChI=1S/C7H6BrN4O/c8-5-1-3-6(4-2-5)12-10-7(13)9-11-12/h1-4H,(H2,9,10,13). The Morgan fingerprint density at radius 2 is 2.00 bits per heavy atom. The summed E-state index contributed by atoms with van der Waals surface area (Å²) in [5, 5.41) is 1.37. The van der Waals surface area contributed by atoms with Gasteiger partial charge in [0.15, 0.2) is 0 Å². The fourth-order valence-corrected chi connectivity index (χ4v) is 1.21. The van der Waals surface area contributed by atoms with Crippen molar-refractivity contribution < 1.29 is 4.79 Å². The maximum Gasteiger partial charge on any atom is 0.352 e. The number of nitrogens with zero attached hydrogens (tertiary/aromatic N) is 2. The quantitative estimate of drug-likeness (QED) is 0.769. The molecule has 13 heavy (non-hydrogen) atoms. The normalized spacial score (nSPS) is 15.5. The first-order chi connectivity index (χ1) is 6.25. The van der Waals surface area contributed by atoms with E-state index < -0.39 is 0 Å². The molecule has 0 aliphatic carbocycles. The number of anilines is 1. The molecule has 0 atom stereocenters. The minimum absolute atomic E-state index is 0.331. The fraction of sp³-hybridized carbons (Fsp3) is 0. The number of amides is 2. The van der Waals surface area contributed by atoms with Crippen molar-refractivity contribution >= 4 is 27.6 Å². The third-order valence-electron chi connectivity index (χ3n) is 1.53. The van der Waals surface area contributed by atoms with E-state index in [-0.39, 0.29) is 6.03 Å². The van der Waals surface area contributed by atoms with Crippen LogP contribution in [0, 0.1) is 0 Å². The molecule has 1 aromatic carbocycles. The Balaban J connectivity index is 2.17. The van der Waals surface area contributed by atoms with Gasteiger partial charge >= 0.3 is 6.03 Å². The molecule has 2 N–H and O–H groups in total. The van der Waals surface area contributed by atoms with E-state index in [2.05, 4.69) is 32.3 Å². The van der Waals surface area contributed by atoms with Crippen molar-refractivity contribution in [2.45, 2.75) is 0 Å². The topological polar surface area (TPSA) is 58.5 Å². The van der Waals surface area contributed by atoms with Crippen LogP contribution in [0.2, 0.25) is 0 Å². The molecule has 6 heteroatoms. The number of carbonyl (C=O) groups excluding carboxylic acids is 1. The predicted molar refractivity (Wildman–Crippen MR) is 50.4 cm³/mol. The van der Waals surface area contributed by atoms with Crippen molar-refractivity contribution in [1.29, 1.82) is 0 Å². The molecule has 1 saturated heterocycles. The summed E-state index contributed by atoms with van der Waals surface area (Å²) in [5.41, 5.74) is 9.28. The number of hydrogen-bond acceptors (Lipinski definition) is 2. The van der Waals surface area contributed by atoms with Crippen molar-refractivity contribution in [1.82, 2.24) is 16.4 Å². The summed E-state index contributed by atoms with van der Waals surface area (Å²) < 4.78 is 0.981. The summed E-state index contributed by atoms with van der Waals surface area (Å²) >= 11 is 3.31. The van der Waals surface area contributed by atoms with Crippen LogP contribution in [-0.4, -0.2) is 6.03 Å². The van der Waals surface area contributed by atoms with Crippen LogP contribution in [0.4, 0.5) is 10.5 Å². The zero-order valence-corrected chi connectivity index (χ0v) is 8.08. The van der Waals surface area contributed by atoms with E-state index in [1.165, 1.54) is 5.12 Å². The van der Waals surface area contributed by atoms with Gasteiger partial charge in [0.05, 0.1) is 5.69 Å². The molecule has 2 rings (SSSR count). The van der Waals surface area contributed by atoms with Crippen molar-refractivity contribution in [3.05, 3.63) is 28.7 Å². The summed E-state index contributed by atoms with van der Waals surface area (Å²) in [6.07, 6.45) is 0. The Kier molecular flexibility index (Phi) is 2.07. The Morgan fingerprint density at radius 1 is 1.31 bits per heavy atom. The fourth-order valence-electron chi connectivity index (χ4n) is 0.946. The van der Waals surface area contributed by atoms with Gasteiger partial charge in [-0.3, -0.25) is 0 Å². The highest BCUT2D eigenvalue weighted by Gasteiger charge is 2.18. The Hall–Kier alpha value is -1.27. The molecule has 2 amide bonds. The Bertz CT molecular complexity index is 326. The lowest BCUT2D eigenvalue weighted by Gasteiger charge is -2.12. The Morgan fingerprint density at radius 3 is 2.54 bits per heavy atom. The van der Waals surface area contributed by atoms with E-state index >= 15 is 0 Å². The highest BCUT2D eigenvalue weighted by Crippen LogP contribution is 2.16. The van der Waals surface area contributed by atoms with Crippen LogP contribution in [0.3, 0.4) is 0 Å². The average Bonchev–Trinajstić information content (AvgIpc) is 2.53. The van der Waals surface area contributed by atoms with Crippen LogP contribution < -0.4 is 21.5 Å². The molecule has 0 bridgehead atoms. The highest BCUT2D eigenvalue weighted by molar-refractivity contribution is 9.10. The molecule has 0 aromatic heterocycles. The summed E-state index contributed by atoms with van der Waals surface area (Å²) in [5.74, 6) is 0. The van der Waals surface area contributed by atoms with E-state index in [9.17, 15) is 4.79 Å². The summed E-state index contributed by atoms with van der Waals surface area (Å²) in [6, 6.07) is 7.08. The highest BCUT2D eigenvalue weighted by atomic mass is 79.9. The average molecular weight is 242 g/mol. The van der Waals surface area contributed by atoms with Gasteiger partial charge in [-0.05, 0) is 24.3 Å². The van der Waals surface area contributed by atoms with E-state index in [0.29, 0.717) is 0 Å². The smallest absolute Gasteiger partial charge is 0.245 e. The van der Waals surface area contributed by atoms with Crippen LogP contribution in [0.15, 0.2) is 28.7 Å². The molecule has 1 aliphatic rings. The van der Waals surface area contributed by atoms with Crippen molar-refractivity contribution in [3.8, 4) is 0 Å². The lowest BCUT2D eigenvalue weighted by molar-refractivity contribution is 0.247. The van der Waals surface area contributed by atoms with E-state index in [0.717, 1.165) is 10.2 Å². The van der Waals surface area contributed by atoms with Gasteiger partial charge in [0, 0.05) is 10.0 Å². The molecule has 5 nitrogen and oxygen atoms in total. The van der Waals surface area contributed by atoms with Gasteiger partial charge in [0.2, 0.25) is 0 Å². The molecule has 67 valence electrons. The lowest BCUT2D eigenvalue weighted by Crippen LogP contribution is -2.35. The number of benzene rings is 1. The number of urea groups is 1. The number of halogens is 1. The summed E-state index contributed by atoms with van der Waals surface area (Å²) in [7, 11) is 0. The van der Waals surface area contributed by atoms with Crippen LogP contribution in [0.5, 0.6) is 0 Å². The van der Waals surface area contributed by atoms with Gasteiger partial charge < -0.3 is 0 Å². The van der Waals surface area contributed by atoms with Gasteiger partial charge in [0.1, 0.15) is 0 Å². The summed E-state index contributed by atoms with van der Waals surface area (Å²) in [6.45, 7) is 0. The second kappa shape index (κ2) is 3.23. The number of nitrogens with one attached hydrogen (secondary N) is 2. The van der Waals surface area contributed by atoms with Crippen molar-refractivity contribution in [2.24, 2.45) is 0 Å². The molecular formula is C7H6BrN4O. The number of hydrogen-bond donors (Lipinski definition) is 2. The lowest BCUT2D eigenvalue weighted by atomic mass is 10.3. The SMILES string of the molecule is O=C1N[N]N(c2ccc(Br)cc2)N1. The van der Waals surface area contributed by atoms with Gasteiger partial charge in [-0.25, -0.2) is 15.6 Å². The van der Waals surface area contributed by atoms with E-state index in [4.69, 9.17) is 0 Å². The van der Waals surface area contributed by atoms with Crippen LogP contribution >= 0.6 is 15.9 Å². The van der Waals surface area contributed by atoms with Crippen LogP contribution in [0.25, 0.3) is 0 Å². The number of carbonyl (C=O) groups is 1. The molecule has 0 unspecified atom stereocenters. The maximum absolute atomic E-state index is 10.7. The Labute approximate surface area is 83.1 Å². The number of rotatable bonds is 1. The molecule has 0 saturated carbocycles. The first kappa shape index (κ1) is 8.33. The van der Waals surface area contributed by atoms with Gasteiger partial charge in [-0.15, -0.1) is 0 Å². The van der Waals surface area contributed by atoms with E-state index in [1.54, 1.807) is 0 Å². The van der Waals surface area contributed by atoms with Crippen LogP contribution in [0.1, 0.15) is 0 Å². The van der Waals surface area contributed by atoms with Crippen molar-refractivity contribution in [3.63, 3.8) is 0 Å². The van der Waals surface area contributed by atoms with Crippen LogP contribution in [-0.2, 0) is 0 Å². The monoisotopic (exact) mass is 241 g/mol. The third kappa shape index (κ3) is 1.73. The minimum Gasteiger partial charge on any atom is -0.245 e. The second-order valence-electron chi connectivity index (χ2n) is 2.44. The van der Waals surface area contributed by atoms with Gasteiger partial charge in [0.25, 0.3) is 0 Å². The molecule has 0 spiro atoms. The van der Waals surface area contributed by atoms with Gasteiger partial charge in [-0.1, -0.05) is 15.9 Å². The minimum atomic E-state index is -0.331. The molecular weight excluding hydrogens is 236 g/mol. The maximum atomic E-state index is 10.7. The number of hydrazine groups is 1. The van der Waals surface area contributed by atoms with Gasteiger partial charge in [-0.2, -0.15) is 5.12 Å². The zero-order chi connectivity index (χ0) is 9.26. The first-order valence-electron chi connectivity index (χ1n) is 3.59. The zero-order valence-electron chi connectivity index (χ0n) is 6.49. The molecule has 1 heterocycles. The third-order valence-corrected chi connectivity index (χ3v) is 2.06. The summed E-state index contributed by atoms with van der Waals surface area (Å²) in [4.78, 5) is 10.7. The molecule has 1 radical (unpaired) electrons. The first-order valence-corrected chi connectivity index (χ1v) is 4.38.